The monoisotopic (exact) mass is 149 g/mol. The van der Waals surface area contributed by atoms with Gasteiger partial charge in [0.1, 0.15) is 0 Å². The van der Waals surface area contributed by atoms with E-state index in [0.717, 1.165) is 24.8 Å². The van der Waals surface area contributed by atoms with Gasteiger partial charge in [-0.2, -0.15) is 0 Å². The summed E-state index contributed by atoms with van der Waals surface area (Å²) in [5.41, 5.74) is 2.17. The summed E-state index contributed by atoms with van der Waals surface area (Å²) in [5.74, 6) is 0.312. The standard InChI is InChI=1S/C9H11NO/c1-10-5-7-3-2-4-9(11)8(7)6-10/h5-6H,2-4H2,1H3. The summed E-state index contributed by atoms with van der Waals surface area (Å²) < 4.78 is 1.97. The van der Waals surface area contributed by atoms with Gasteiger partial charge in [-0.25, -0.2) is 0 Å². The summed E-state index contributed by atoms with van der Waals surface area (Å²) >= 11 is 0. The van der Waals surface area contributed by atoms with Crippen molar-refractivity contribution in [2.75, 3.05) is 0 Å². The van der Waals surface area contributed by atoms with Crippen molar-refractivity contribution in [3.63, 3.8) is 0 Å². The highest BCUT2D eigenvalue weighted by Crippen LogP contribution is 2.21. The second-order valence-corrected chi connectivity index (χ2v) is 3.14. The van der Waals surface area contributed by atoms with Crippen LogP contribution >= 0.6 is 0 Å². The summed E-state index contributed by atoms with van der Waals surface area (Å²) in [7, 11) is 1.96. The lowest BCUT2D eigenvalue weighted by Gasteiger charge is -2.07. The molecule has 1 aromatic rings. The minimum Gasteiger partial charge on any atom is -0.356 e. The van der Waals surface area contributed by atoms with Crippen LogP contribution in [0.4, 0.5) is 0 Å². The molecule has 2 nitrogen and oxygen atoms in total. The number of hydrogen-bond donors (Lipinski definition) is 0. The highest BCUT2D eigenvalue weighted by molar-refractivity contribution is 5.98. The molecule has 0 atom stereocenters. The zero-order chi connectivity index (χ0) is 7.84. The molecule has 0 N–H and O–H groups in total. The van der Waals surface area contributed by atoms with E-state index >= 15 is 0 Å². The first-order valence-corrected chi connectivity index (χ1v) is 3.95. The molecule has 0 unspecified atom stereocenters. The van der Waals surface area contributed by atoms with Crippen molar-refractivity contribution in [2.24, 2.45) is 7.05 Å². The summed E-state index contributed by atoms with van der Waals surface area (Å²) in [5, 5.41) is 0. The number of carbonyl (C=O) groups excluding carboxylic acids is 1. The molecular formula is C9H11NO. The molecule has 0 aromatic carbocycles. The molecule has 1 aliphatic carbocycles. The summed E-state index contributed by atoms with van der Waals surface area (Å²) in [6.07, 6.45) is 6.80. The average molecular weight is 149 g/mol. The number of nitrogens with zero attached hydrogens (tertiary/aromatic N) is 1. The fourth-order valence-electron chi connectivity index (χ4n) is 1.66. The third-order valence-electron chi connectivity index (χ3n) is 2.19. The quantitative estimate of drug-likeness (QED) is 0.548. The molecule has 11 heavy (non-hydrogen) atoms. The maximum absolute atomic E-state index is 11.3. The van der Waals surface area contributed by atoms with Crippen LogP contribution in [0.2, 0.25) is 0 Å². The molecule has 0 saturated heterocycles. The zero-order valence-corrected chi connectivity index (χ0v) is 6.63. The van der Waals surface area contributed by atoms with Gasteiger partial charge in [0.15, 0.2) is 5.78 Å². The SMILES string of the molecule is Cn1cc2c(c1)C(=O)CCC2. The molecule has 0 spiro atoms. The van der Waals surface area contributed by atoms with Crippen LogP contribution in [0.3, 0.4) is 0 Å². The smallest absolute Gasteiger partial charge is 0.164 e. The van der Waals surface area contributed by atoms with Crippen LogP contribution in [0.15, 0.2) is 12.4 Å². The zero-order valence-electron chi connectivity index (χ0n) is 6.63. The predicted molar refractivity (Wildman–Crippen MR) is 42.7 cm³/mol. The Balaban J connectivity index is 2.52. The minimum atomic E-state index is 0.312. The number of aromatic nitrogens is 1. The van der Waals surface area contributed by atoms with Gasteiger partial charge < -0.3 is 4.57 Å². The molecule has 2 rings (SSSR count). The number of carbonyl (C=O) groups is 1. The number of Topliss-reactive ketones (excluding diaryl/α,β-unsaturated/α-hetero) is 1. The lowest BCUT2D eigenvalue weighted by atomic mass is 9.95. The van der Waals surface area contributed by atoms with E-state index in [9.17, 15) is 4.79 Å². The Morgan fingerprint density at radius 1 is 1.36 bits per heavy atom. The van der Waals surface area contributed by atoms with Crippen LogP contribution < -0.4 is 0 Å². The molecular weight excluding hydrogens is 138 g/mol. The Morgan fingerprint density at radius 2 is 2.18 bits per heavy atom. The van der Waals surface area contributed by atoms with Gasteiger partial charge in [0.25, 0.3) is 0 Å². The van der Waals surface area contributed by atoms with Crippen LogP contribution in [0.5, 0.6) is 0 Å². The number of aryl methyl sites for hydroxylation is 2. The fraction of sp³-hybridized carbons (Fsp3) is 0.444. The number of rotatable bonds is 0. The van der Waals surface area contributed by atoms with Crippen molar-refractivity contribution < 1.29 is 4.79 Å². The van der Waals surface area contributed by atoms with Crippen LogP contribution in [0.1, 0.15) is 28.8 Å². The Hall–Kier alpha value is -1.05. The van der Waals surface area contributed by atoms with Crippen molar-refractivity contribution in [2.45, 2.75) is 19.3 Å². The van der Waals surface area contributed by atoms with E-state index in [2.05, 4.69) is 0 Å². The Kier molecular flexibility index (Phi) is 1.34. The van der Waals surface area contributed by atoms with E-state index in [1.54, 1.807) is 0 Å². The van der Waals surface area contributed by atoms with Gasteiger partial charge >= 0.3 is 0 Å². The first-order chi connectivity index (χ1) is 5.27. The van der Waals surface area contributed by atoms with Crippen molar-refractivity contribution in [1.29, 1.82) is 0 Å². The van der Waals surface area contributed by atoms with Gasteiger partial charge in [0, 0.05) is 31.4 Å². The molecule has 1 aliphatic rings. The van der Waals surface area contributed by atoms with Gasteiger partial charge in [0.05, 0.1) is 0 Å². The summed E-state index contributed by atoms with van der Waals surface area (Å²) in [4.78, 5) is 11.3. The Labute approximate surface area is 65.8 Å². The van der Waals surface area contributed by atoms with Gasteiger partial charge in [0.2, 0.25) is 0 Å². The van der Waals surface area contributed by atoms with E-state index in [4.69, 9.17) is 0 Å². The van der Waals surface area contributed by atoms with E-state index < -0.39 is 0 Å². The van der Waals surface area contributed by atoms with Gasteiger partial charge in [-0.05, 0) is 18.4 Å². The largest absolute Gasteiger partial charge is 0.356 e. The fourth-order valence-corrected chi connectivity index (χ4v) is 1.66. The molecule has 58 valence electrons. The van der Waals surface area contributed by atoms with Crippen LogP contribution in [-0.2, 0) is 13.5 Å². The van der Waals surface area contributed by atoms with E-state index in [-0.39, 0.29) is 0 Å². The lowest BCUT2D eigenvalue weighted by Crippen LogP contribution is -2.07. The first kappa shape index (κ1) is 6.65. The van der Waals surface area contributed by atoms with Gasteiger partial charge in [-0.3, -0.25) is 4.79 Å². The first-order valence-electron chi connectivity index (χ1n) is 3.95. The predicted octanol–water partition coefficient (Wildman–Crippen LogP) is 1.54. The third kappa shape index (κ3) is 0.985. The van der Waals surface area contributed by atoms with E-state index in [1.165, 1.54) is 5.56 Å². The summed E-state index contributed by atoms with van der Waals surface area (Å²) in [6, 6.07) is 0. The van der Waals surface area contributed by atoms with E-state index in [0.29, 0.717) is 5.78 Å². The molecule has 0 fully saturated rings. The van der Waals surface area contributed by atoms with Crippen molar-refractivity contribution in [1.82, 2.24) is 4.57 Å². The molecule has 0 radical (unpaired) electrons. The minimum absolute atomic E-state index is 0.312. The molecule has 1 aromatic heterocycles. The number of ketones is 1. The lowest BCUT2D eigenvalue weighted by molar-refractivity contribution is 0.0973. The highest BCUT2D eigenvalue weighted by atomic mass is 16.1. The van der Waals surface area contributed by atoms with E-state index in [1.807, 2.05) is 24.0 Å². The van der Waals surface area contributed by atoms with Crippen molar-refractivity contribution in [3.05, 3.63) is 23.5 Å². The molecule has 0 aliphatic heterocycles. The van der Waals surface area contributed by atoms with Gasteiger partial charge in [-0.15, -0.1) is 0 Å². The molecule has 0 saturated carbocycles. The van der Waals surface area contributed by atoms with Crippen LogP contribution in [-0.4, -0.2) is 10.4 Å². The van der Waals surface area contributed by atoms with Crippen LogP contribution in [0.25, 0.3) is 0 Å². The molecule has 0 amide bonds. The maximum atomic E-state index is 11.3. The molecule has 1 heterocycles. The van der Waals surface area contributed by atoms with Gasteiger partial charge in [-0.1, -0.05) is 0 Å². The van der Waals surface area contributed by atoms with Crippen molar-refractivity contribution in [3.8, 4) is 0 Å². The second kappa shape index (κ2) is 2.22. The topological polar surface area (TPSA) is 22.0 Å². The Bertz CT molecular complexity index is 299. The van der Waals surface area contributed by atoms with Crippen LogP contribution in [0, 0.1) is 0 Å². The second-order valence-electron chi connectivity index (χ2n) is 3.14. The number of fused-ring (bicyclic) bond motifs is 1. The highest BCUT2D eigenvalue weighted by Gasteiger charge is 2.17. The Morgan fingerprint density at radius 3 is 2.91 bits per heavy atom. The average Bonchev–Trinajstić information content (AvgIpc) is 2.31. The summed E-state index contributed by atoms with van der Waals surface area (Å²) in [6.45, 7) is 0. The third-order valence-corrected chi connectivity index (χ3v) is 2.19. The number of hydrogen-bond acceptors (Lipinski definition) is 1. The normalized spacial score (nSPS) is 16.6. The molecule has 0 bridgehead atoms. The molecule has 2 heteroatoms. The maximum Gasteiger partial charge on any atom is 0.164 e. The van der Waals surface area contributed by atoms with Crippen molar-refractivity contribution >= 4 is 5.78 Å².